The topological polar surface area (TPSA) is 68.1 Å². The number of nitrogens with one attached hydrogen (secondary N) is 1. The van der Waals surface area contributed by atoms with Gasteiger partial charge in [-0.05, 0) is 34.5 Å². The monoisotopic (exact) mass is 388 g/mol. The molecule has 2 heterocycles. The molecular weight excluding hydrogens is 372 g/mol. The molecule has 5 aromatic rings. The first-order chi connectivity index (χ1) is 13.7. The second-order valence-corrected chi connectivity index (χ2v) is 7.43. The average Bonchev–Trinajstić information content (AvgIpc) is 3.13. The lowest BCUT2D eigenvalue weighted by Crippen LogP contribution is -2.00. The summed E-state index contributed by atoms with van der Waals surface area (Å²) in [6.45, 7) is 0. The highest BCUT2D eigenvalue weighted by Crippen LogP contribution is 2.31. The fraction of sp³-hybridized carbons (Fsp3) is 0.0909. The van der Waals surface area contributed by atoms with Crippen LogP contribution < -0.4 is 10.4 Å². The van der Waals surface area contributed by atoms with Gasteiger partial charge in [0.15, 0.2) is 5.16 Å². The lowest BCUT2D eigenvalue weighted by Gasteiger charge is -2.08. The predicted molar refractivity (Wildman–Crippen MR) is 112 cm³/mol. The van der Waals surface area contributed by atoms with Crippen LogP contribution in [-0.2, 0) is 5.75 Å². The van der Waals surface area contributed by atoms with E-state index in [1.54, 1.807) is 24.9 Å². The number of aromatic nitrogens is 2. The van der Waals surface area contributed by atoms with Gasteiger partial charge in [0, 0.05) is 23.3 Å². The standard InChI is InChI=1S/C22H16N2O3S/c1-26-15-7-8-17-18(11-15)24-22(23-17)28-12-14-10-20(25)27-19-9-6-13-4-2-3-5-16(13)21(14)19/h2-11H,12H2,1H3,(H,23,24). The van der Waals surface area contributed by atoms with Crippen LogP contribution in [-0.4, -0.2) is 17.1 Å². The molecule has 6 heteroatoms. The second kappa shape index (κ2) is 6.73. The Morgan fingerprint density at radius 2 is 2.00 bits per heavy atom. The summed E-state index contributed by atoms with van der Waals surface area (Å²) in [6, 6.07) is 19.3. The summed E-state index contributed by atoms with van der Waals surface area (Å²) in [5.41, 5.74) is 3.01. The van der Waals surface area contributed by atoms with Gasteiger partial charge in [-0.1, -0.05) is 42.1 Å². The zero-order chi connectivity index (χ0) is 19.1. The molecule has 0 radical (unpaired) electrons. The van der Waals surface area contributed by atoms with E-state index < -0.39 is 0 Å². The predicted octanol–water partition coefficient (Wildman–Crippen LogP) is 5.12. The molecule has 2 aromatic heterocycles. The van der Waals surface area contributed by atoms with Gasteiger partial charge in [-0.2, -0.15) is 0 Å². The first-order valence-corrected chi connectivity index (χ1v) is 9.81. The van der Waals surface area contributed by atoms with Gasteiger partial charge in [0.25, 0.3) is 0 Å². The normalized spacial score (nSPS) is 11.5. The molecule has 0 aliphatic heterocycles. The number of ether oxygens (including phenoxy) is 1. The molecule has 3 aromatic carbocycles. The van der Waals surface area contributed by atoms with Gasteiger partial charge in [-0.15, -0.1) is 0 Å². The quantitative estimate of drug-likeness (QED) is 0.263. The summed E-state index contributed by atoms with van der Waals surface area (Å²) in [4.78, 5) is 20.0. The maximum Gasteiger partial charge on any atom is 0.336 e. The molecule has 0 saturated carbocycles. The Morgan fingerprint density at radius 3 is 2.89 bits per heavy atom. The van der Waals surface area contributed by atoms with E-state index in [0.29, 0.717) is 11.3 Å². The van der Waals surface area contributed by atoms with Gasteiger partial charge in [0.1, 0.15) is 11.3 Å². The van der Waals surface area contributed by atoms with Gasteiger partial charge in [-0.25, -0.2) is 9.78 Å². The van der Waals surface area contributed by atoms with E-state index in [2.05, 4.69) is 22.1 Å². The van der Waals surface area contributed by atoms with Crippen molar-refractivity contribution >= 4 is 44.5 Å². The summed E-state index contributed by atoms with van der Waals surface area (Å²) in [5.74, 6) is 1.39. The van der Waals surface area contributed by atoms with Crippen molar-refractivity contribution in [1.29, 1.82) is 0 Å². The van der Waals surface area contributed by atoms with E-state index in [0.717, 1.165) is 43.7 Å². The van der Waals surface area contributed by atoms with E-state index in [-0.39, 0.29) is 5.63 Å². The number of hydrogen-bond donors (Lipinski definition) is 1. The Kier molecular flexibility index (Phi) is 4.06. The van der Waals surface area contributed by atoms with Crippen LogP contribution in [0, 0.1) is 0 Å². The lowest BCUT2D eigenvalue weighted by atomic mass is 10.0. The number of rotatable bonds is 4. The highest BCUT2D eigenvalue weighted by molar-refractivity contribution is 7.98. The van der Waals surface area contributed by atoms with E-state index in [1.165, 1.54) is 0 Å². The number of imidazole rings is 1. The first-order valence-electron chi connectivity index (χ1n) is 8.82. The number of H-pyrrole nitrogens is 1. The van der Waals surface area contributed by atoms with Crippen LogP contribution in [0.25, 0.3) is 32.8 Å². The van der Waals surface area contributed by atoms with Crippen LogP contribution in [0.1, 0.15) is 5.56 Å². The first kappa shape index (κ1) is 16.9. The Balaban J connectivity index is 1.56. The van der Waals surface area contributed by atoms with Crippen molar-refractivity contribution in [2.75, 3.05) is 7.11 Å². The maximum absolute atomic E-state index is 12.0. The van der Waals surface area contributed by atoms with Crippen molar-refractivity contribution in [3.63, 3.8) is 0 Å². The Labute approximate surface area is 164 Å². The van der Waals surface area contributed by atoms with Crippen LogP contribution >= 0.6 is 11.8 Å². The number of nitrogens with zero attached hydrogens (tertiary/aromatic N) is 1. The van der Waals surface area contributed by atoms with Crippen LogP contribution in [0.4, 0.5) is 0 Å². The fourth-order valence-corrected chi connectivity index (χ4v) is 4.31. The Bertz CT molecular complexity index is 1390. The number of benzene rings is 3. The molecule has 0 aliphatic carbocycles. The van der Waals surface area contributed by atoms with Crippen molar-refractivity contribution in [2.45, 2.75) is 10.9 Å². The molecular formula is C22H16N2O3S. The zero-order valence-corrected chi connectivity index (χ0v) is 15.9. The van der Waals surface area contributed by atoms with Gasteiger partial charge in [0.05, 0.1) is 18.1 Å². The van der Waals surface area contributed by atoms with Gasteiger partial charge in [-0.3, -0.25) is 0 Å². The highest BCUT2D eigenvalue weighted by Gasteiger charge is 2.11. The minimum absolute atomic E-state index is 0.340. The Hall–Kier alpha value is -3.25. The molecule has 5 nitrogen and oxygen atoms in total. The number of methoxy groups -OCH3 is 1. The molecule has 0 atom stereocenters. The largest absolute Gasteiger partial charge is 0.497 e. The van der Waals surface area contributed by atoms with Crippen molar-refractivity contribution in [2.24, 2.45) is 0 Å². The highest BCUT2D eigenvalue weighted by atomic mass is 32.2. The summed E-state index contributed by atoms with van der Waals surface area (Å²) in [5, 5.41) is 3.97. The summed E-state index contributed by atoms with van der Waals surface area (Å²) in [7, 11) is 1.64. The van der Waals surface area contributed by atoms with Gasteiger partial charge < -0.3 is 14.1 Å². The summed E-state index contributed by atoms with van der Waals surface area (Å²) >= 11 is 1.56. The number of hydrogen-bond acceptors (Lipinski definition) is 5. The number of fused-ring (bicyclic) bond motifs is 4. The SMILES string of the molecule is COc1ccc2nc(SCc3cc(=O)oc4ccc5ccccc5c34)[nH]c2c1. The number of thioether (sulfide) groups is 1. The summed E-state index contributed by atoms with van der Waals surface area (Å²) in [6.07, 6.45) is 0. The average molecular weight is 388 g/mol. The minimum Gasteiger partial charge on any atom is -0.497 e. The van der Waals surface area contributed by atoms with Crippen molar-refractivity contribution in [1.82, 2.24) is 9.97 Å². The third kappa shape index (κ3) is 2.92. The lowest BCUT2D eigenvalue weighted by molar-refractivity contribution is 0.415. The molecule has 0 spiro atoms. The Morgan fingerprint density at radius 1 is 1.11 bits per heavy atom. The van der Waals surface area contributed by atoms with Crippen LogP contribution in [0.2, 0.25) is 0 Å². The van der Waals surface area contributed by atoms with Crippen LogP contribution in [0.3, 0.4) is 0 Å². The fourth-order valence-electron chi connectivity index (χ4n) is 3.44. The van der Waals surface area contributed by atoms with Crippen LogP contribution in [0.15, 0.2) is 75.0 Å². The van der Waals surface area contributed by atoms with Crippen LogP contribution in [0.5, 0.6) is 5.75 Å². The molecule has 0 amide bonds. The third-order valence-electron chi connectivity index (χ3n) is 4.75. The summed E-state index contributed by atoms with van der Waals surface area (Å²) < 4.78 is 10.7. The molecule has 0 unspecified atom stereocenters. The number of aromatic amines is 1. The van der Waals surface area contributed by atoms with E-state index >= 15 is 0 Å². The zero-order valence-electron chi connectivity index (χ0n) is 15.1. The van der Waals surface area contributed by atoms with Crippen molar-refractivity contribution < 1.29 is 9.15 Å². The molecule has 0 bridgehead atoms. The van der Waals surface area contributed by atoms with E-state index in [1.807, 2.05) is 42.5 Å². The van der Waals surface area contributed by atoms with Crippen molar-refractivity contribution in [3.05, 3.63) is 76.6 Å². The molecule has 0 saturated heterocycles. The molecule has 138 valence electrons. The second-order valence-electron chi connectivity index (χ2n) is 6.46. The molecule has 0 aliphatic rings. The van der Waals surface area contributed by atoms with Gasteiger partial charge >= 0.3 is 5.63 Å². The van der Waals surface area contributed by atoms with Gasteiger partial charge in [0.2, 0.25) is 0 Å². The molecule has 0 fully saturated rings. The smallest absolute Gasteiger partial charge is 0.336 e. The molecule has 1 N–H and O–H groups in total. The molecule has 5 rings (SSSR count). The van der Waals surface area contributed by atoms with E-state index in [4.69, 9.17) is 9.15 Å². The third-order valence-corrected chi connectivity index (χ3v) is 5.67. The van der Waals surface area contributed by atoms with Crippen molar-refractivity contribution in [3.8, 4) is 5.75 Å². The minimum atomic E-state index is -0.340. The van der Waals surface area contributed by atoms with E-state index in [9.17, 15) is 4.79 Å². The molecule has 28 heavy (non-hydrogen) atoms. The maximum atomic E-state index is 12.0.